The number of hydrogen-bond acceptors (Lipinski definition) is 8. The highest BCUT2D eigenvalue weighted by atomic mass is 32.2. The number of imidazole rings is 1. The van der Waals surface area contributed by atoms with Gasteiger partial charge < -0.3 is 15.2 Å². The summed E-state index contributed by atoms with van der Waals surface area (Å²) >= 11 is 1.87. The van der Waals surface area contributed by atoms with Gasteiger partial charge in [0.25, 0.3) is 5.91 Å². The first kappa shape index (κ1) is 23.4. The van der Waals surface area contributed by atoms with E-state index in [0.717, 1.165) is 48.6 Å². The lowest BCUT2D eigenvalue weighted by Crippen LogP contribution is -2.40. The smallest absolute Gasteiger partial charge is 0.274 e. The number of hydrogen-bond donors (Lipinski definition) is 2. The molecule has 0 aliphatic carbocycles. The van der Waals surface area contributed by atoms with E-state index in [1.54, 1.807) is 10.6 Å². The van der Waals surface area contributed by atoms with Crippen molar-refractivity contribution in [2.75, 3.05) is 36.0 Å². The Labute approximate surface area is 208 Å². The average Bonchev–Trinajstić information content (AvgIpc) is 3.47. The van der Waals surface area contributed by atoms with Gasteiger partial charge in [-0.3, -0.25) is 9.20 Å². The molecule has 0 unspecified atom stereocenters. The molecule has 0 spiro atoms. The molecule has 9 nitrogen and oxygen atoms in total. The Balaban J connectivity index is 1.32. The Kier molecular flexibility index (Phi) is 6.74. The maximum absolute atomic E-state index is 13.2. The van der Waals surface area contributed by atoms with Crippen LogP contribution >= 0.6 is 11.9 Å². The first-order chi connectivity index (χ1) is 17.1. The summed E-state index contributed by atoms with van der Waals surface area (Å²) in [7, 11) is 0. The maximum Gasteiger partial charge on any atom is 0.274 e. The zero-order chi connectivity index (χ0) is 24.4. The van der Waals surface area contributed by atoms with Crippen molar-refractivity contribution in [1.29, 1.82) is 0 Å². The number of carbonyl (C=O) groups is 1. The standard InChI is InChI=1S/C25H29N7O2S/c1-4-10-35-31-13-18(14-31)25-29-23(30-34-25)17-7-6-16(3)20(11-17)28-24(33)21-12-27-22-9-8-19(26-5-2)15-32(21)22/h6-9,11-12,15,18,26H,4-5,10,13-14H2,1-3H3,(H,28,33). The van der Waals surface area contributed by atoms with Crippen LogP contribution in [-0.2, 0) is 0 Å². The van der Waals surface area contributed by atoms with E-state index in [2.05, 4.69) is 37.0 Å². The molecule has 1 amide bonds. The van der Waals surface area contributed by atoms with Crippen molar-refractivity contribution in [2.45, 2.75) is 33.1 Å². The fraction of sp³-hybridized carbons (Fsp3) is 0.360. The number of amides is 1. The van der Waals surface area contributed by atoms with Crippen LogP contribution in [0.25, 0.3) is 17.0 Å². The molecule has 2 N–H and O–H groups in total. The molecule has 10 heteroatoms. The highest BCUT2D eigenvalue weighted by Crippen LogP contribution is 2.33. The SMILES string of the molecule is CCCSN1CC(c2nc(-c3ccc(C)c(NC(=O)c4cnc5ccc(NCC)cn45)c3)no2)C1. The van der Waals surface area contributed by atoms with Gasteiger partial charge in [0, 0.05) is 42.8 Å². The van der Waals surface area contributed by atoms with E-state index < -0.39 is 0 Å². The second kappa shape index (κ2) is 10.1. The minimum atomic E-state index is -0.237. The number of benzene rings is 1. The van der Waals surface area contributed by atoms with Crippen molar-refractivity contribution < 1.29 is 9.32 Å². The third kappa shape index (κ3) is 4.89. The molecular formula is C25H29N7O2S. The van der Waals surface area contributed by atoms with Gasteiger partial charge in [0.15, 0.2) is 0 Å². The largest absolute Gasteiger partial charge is 0.384 e. The van der Waals surface area contributed by atoms with Gasteiger partial charge in [0.2, 0.25) is 11.7 Å². The number of rotatable bonds is 9. The Morgan fingerprint density at radius 2 is 2.09 bits per heavy atom. The summed E-state index contributed by atoms with van der Waals surface area (Å²) in [5.41, 5.74) is 4.53. The minimum absolute atomic E-state index is 0.237. The second-order valence-electron chi connectivity index (χ2n) is 8.64. The van der Waals surface area contributed by atoms with Crippen molar-refractivity contribution in [3.8, 4) is 11.4 Å². The van der Waals surface area contributed by atoms with Gasteiger partial charge in [-0.25, -0.2) is 9.29 Å². The molecule has 4 heterocycles. The van der Waals surface area contributed by atoms with Crippen LogP contribution in [-0.4, -0.2) is 55.1 Å². The molecular weight excluding hydrogens is 462 g/mol. The molecule has 1 aliphatic rings. The summed E-state index contributed by atoms with van der Waals surface area (Å²) in [5, 5.41) is 10.5. The van der Waals surface area contributed by atoms with E-state index in [9.17, 15) is 4.79 Å². The minimum Gasteiger partial charge on any atom is -0.384 e. The quantitative estimate of drug-likeness (QED) is 0.321. The first-order valence-corrected chi connectivity index (χ1v) is 12.8. The lowest BCUT2D eigenvalue weighted by molar-refractivity contribution is 0.102. The number of carbonyl (C=O) groups excluding carboxylic acids is 1. The number of nitrogens with zero attached hydrogens (tertiary/aromatic N) is 5. The number of fused-ring (bicyclic) bond motifs is 1. The summed E-state index contributed by atoms with van der Waals surface area (Å²) in [6.07, 6.45) is 4.64. The number of anilines is 2. The molecule has 1 fully saturated rings. The molecule has 0 atom stereocenters. The van der Waals surface area contributed by atoms with E-state index in [4.69, 9.17) is 4.52 Å². The van der Waals surface area contributed by atoms with Crippen molar-refractivity contribution in [2.24, 2.45) is 0 Å². The van der Waals surface area contributed by atoms with Crippen molar-refractivity contribution >= 4 is 34.9 Å². The second-order valence-corrected chi connectivity index (χ2v) is 9.82. The molecule has 1 aromatic carbocycles. The van der Waals surface area contributed by atoms with Crippen LogP contribution in [0.15, 0.2) is 47.2 Å². The topological polar surface area (TPSA) is 101 Å². The zero-order valence-corrected chi connectivity index (χ0v) is 20.9. The summed E-state index contributed by atoms with van der Waals surface area (Å²) in [6.45, 7) is 8.82. The molecule has 35 heavy (non-hydrogen) atoms. The predicted octanol–water partition coefficient (Wildman–Crippen LogP) is 4.83. The van der Waals surface area contributed by atoms with E-state index in [1.165, 1.54) is 0 Å². The third-order valence-corrected chi connectivity index (χ3v) is 7.23. The molecule has 4 aromatic rings. The fourth-order valence-electron chi connectivity index (χ4n) is 3.98. The predicted molar refractivity (Wildman–Crippen MR) is 139 cm³/mol. The number of pyridine rings is 1. The normalized spacial score (nSPS) is 14.3. The molecule has 0 bridgehead atoms. The lowest BCUT2D eigenvalue weighted by atomic mass is 10.0. The van der Waals surface area contributed by atoms with Crippen LogP contribution in [0.3, 0.4) is 0 Å². The van der Waals surface area contributed by atoms with Crippen molar-refractivity contribution in [1.82, 2.24) is 23.8 Å². The number of aryl methyl sites for hydroxylation is 1. The van der Waals surface area contributed by atoms with Gasteiger partial charge in [-0.15, -0.1) is 0 Å². The van der Waals surface area contributed by atoms with E-state index in [0.29, 0.717) is 28.7 Å². The van der Waals surface area contributed by atoms with E-state index in [1.807, 2.05) is 62.3 Å². The Hall–Kier alpha value is -3.37. The third-order valence-electron chi connectivity index (χ3n) is 5.98. The average molecular weight is 492 g/mol. The number of nitrogens with one attached hydrogen (secondary N) is 2. The molecule has 0 radical (unpaired) electrons. The Bertz CT molecular complexity index is 1340. The van der Waals surface area contributed by atoms with Crippen LogP contribution in [0.5, 0.6) is 0 Å². The van der Waals surface area contributed by atoms with Crippen molar-refractivity contribution in [3.63, 3.8) is 0 Å². The summed E-state index contributed by atoms with van der Waals surface area (Å²) < 4.78 is 9.69. The monoisotopic (exact) mass is 491 g/mol. The van der Waals surface area contributed by atoms with Gasteiger partial charge in [0.05, 0.1) is 17.8 Å². The molecule has 3 aromatic heterocycles. The van der Waals surface area contributed by atoms with Gasteiger partial charge in [-0.05, 0) is 44.0 Å². The molecule has 5 rings (SSSR count). The Morgan fingerprint density at radius 3 is 2.89 bits per heavy atom. The molecule has 1 aliphatic heterocycles. The first-order valence-electron chi connectivity index (χ1n) is 11.9. The maximum atomic E-state index is 13.2. The molecule has 0 saturated carbocycles. The van der Waals surface area contributed by atoms with Gasteiger partial charge >= 0.3 is 0 Å². The van der Waals surface area contributed by atoms with Gasteiger partial charge in [-0.2, -0.15) is 4.98 Å². The number of aromatic nitrogens is 4. The Morgan fingerprint density at radius 1 is 1.23 bits per heavy atom. The van der Waals surface area contributed by atoms with Crippen LogP contribution in [0.2, 0.25) is 0 Å². The fourth-order valence-corrected chi connectivity index (χ4v) is 4.99. The van der Waals surface area contributed by atoms with Gasteiger partial charge in [0.1, 0.15) is 11.3 Å². The van der Waals surface area contributed by atoms with E-state index in [-0.39, 0.29) is 11.8 Å². The molecule has 1 saturated heterocycles. The van der Waals surface area contributed by atoms with Crippen molar-refractivity contribution in [3.05, 3.63) is 59.9 Å². The van der Waals surface area contributed by atoms with Crippen LogP contribution < -0.4 is 10.6 Å². The highest BCUT2D eigenvalue weighted by molar-refractivity contribution is 7.97. The highest BCUT2D eigenvalue weighted by Gasteiger charge is 2.33. The van der Waals surface area contributed by atoms with E-state index >= 15 is 0 Å². The van der Waals surface area contributed by atoms with Crippen LogP contribution in [0.1, 0.15) is 48.1 Å². The summed E-state index contributed by atoms with van der Waals surface area (Å²) in [6, 6.07) is 9.62. The molecule has 182 valence electrons. The summed E-state index contributed by atoms with van der Waals surface area (Å²) in [5.74, 6) is 2.36. The van der Waals surface area contributed by atoms with Crippen LogP contribution in [0.4, 0.5) is 11.4 Å². The summed E-state index contributed by atoms with van der Waals surface area (Å²) in [4.78, 5) is 22.2. The lowest BCUT2D eigenvalue weighted by Gasteiger charge is -2.35. The zero-order valence-electron chi connectivity index (χ0n) is 20.1. The van der Waals surface area contributed by atoms with Crippen LogP contribution in [0, 0.1) is 6.92 Å². The van der Waals surface area contributed by atoms with Gasteiger partial charge in [-0.1, -0.05) is 36.2 Å².